The number of hydrogen-bond donors (Lipinski definition) is 6. The maximum Gasteiger partial charge on any atom is 0.0379 e. The van der Waals surface area contributed by atoms with Gasteiger partial charge in [0.2, 0.25) is 0 Å². The molecule has 0 heterocycles. The molecule has 0 atom stereocenters. The molecule has 1 rings (SSSR count). The van der Waals surface area contributed by atoms with Crippen molar-refractivity contribution in [3.05, 3.63) is 35.4 Å². The average molecular weight is 513 g/mol. The number of rotatable bonds is 20. The molecule has 0 saturated carbocycles. The largest absolute Gasteiger partial charge is 0.269 e. The van der Waals surface area contributed by atoms with E-state index in [2.05, 4.69) is 24.3 Å². The first-order valence-electron chi connectivity index (χ1n) is 13.1. The first kappa shape index (κ1) is 34.7. The lowest BCUT2D eigenvalue weighted by atomic mass is 10.1. The summed E-state index contributed by atoms with van der Waals surface area (Å²) >= 11 is 0. The van der Waals surface area contributed by atoms with Gasteiger partial charge in [0.05, 0.1) is 0 Å². The molecule has 12 N–H and O–H groups in total. The van der Waals surface area contributed by atoms with E-state index in [1.165, 1.54) is 11.1 Å². The molecule has 0 radical (unpaired) electrons. The monoisotopic (exact) mass is 512 g/mol. The molecular formula is C24H56N12. The standard InChI is InChI=1S/C22H50N12.C2H6/c1-29(23)10-4-12-31(25)14-6-16-33(27)19-21-8-3-9-22(18-21)20-34(28)17-7-15-32(26)13-5-11-30(2)24;1-2/h3,8-9,18H,4-7,10-17,19-20,23-28H2,1-2H3;1-2H3. The molecule has 0 aromatic heterocycles. The summed E-state index contributed by atoms with van der Waals surface area (Å²) in [5.74, 6) is 35.7. The Bertz CT molecular complexity index is 582. The summed E-state index contributed by atoms with van der Waals surface area (Å²) in [6.45, 7) is 11.8. The van der Waals surface area contributed by atoms with Gasteiger partial charge in [-0.15, -0.1) is 0 Å². The van der Waals surface area contributed by atoms with Gasteiger partial charge in [-0.05, 0) is 36.8 Å². The highest BCUT2D eigenvalue weighted by atomic mass is 15.4. The van der Waals surface area contributed by atoms with E-state index in [9.17, 15) is 0 Å². The van der Waals surface area contributed by atoms with E-state index in [4.69, 9.17) is 35.1 Å². The van der Waals surface area contributed by atoms with Gasteiger partial charge in [0.1, 0.15) is 0 Å². The quantitative estimate of drug-likeness (QED) is 0.0985. The molecule has 0 fully saturated rings. The number of nitrogens with zero attached hydrogens (tertiary/aromatic N) is 6. The molecule has 36 heavy (non-hydrogen) atoms. The summed E-state index contributed by atoms with van der Waals surface area (Å²) in [5.41, 5.74) is 2.34. The highest BCUT2D eigenvalue weighted by molar-refractivity contribution is 5.23. The van der Waals surface area contributed by atoms with Crippen molar-refractivity contribution in [1.29, 1.82) is 0 Å². The van der Waals surface area contributed by atoms with Crippen molar-refractivity contribution in [2.45, 2.75) is 52.6 Å². The van der Waals surface area contributed by atoms with Crippen LogP contribution in [0.15, 0.2) is 24.3 Å². The summed E-state index contributed by atoms with van der Waals surface area (Å²) in [6, 6.07) is 8.40. The molecule has 1 aromatic carbocycles. The Labute approximate surface area is 219 Å². The average Bonchev–Trinajstić information content (AvgIpc) is 2.80. The maximum atomic E-state index is 6.22. The Morgan fingerprint density at radius 2 is 0.806 bits per heavy atom. The van der Waals surface area contributed by atoms with Gasteiger partial charge in [-0.25, -0.2) is 20.0 Å². The predicted molar refractivity (Wildman–Crippen MR) is 151 cm³/mol. The van der Waals surface area contributed by atoms with E-state index in [1.54, 1.807) is 10.0 Å². The van der Waals surface area contributed by atoms with Crippen LogP contribution >= 0.6 is 0 Å². The number of hydrogen-bond acceptors (Lipinski definition) is 12. The van der Waals surface area contributed by atoms with E-state index in [0.717, 1.165) is 78.0 Å². The molecule has 212 valence electrons. The van der Waals surface area contributed by atoms with Gasteiger partial charge in [-0.2, -0.15) is 0 Å². The predicted octanol–water partition coefficient (Wildman–Crippen LogP) is -0.413. The van der Waals surface area contributed by atoms with Crippen LogP contribution in [0.5, 0.6) is 0 Å². The molecule has 12 nitrogen and oxygen atoms in total. The van der Waals surface area contributed by atoms with Crippen LogP contribution in [0, 0.1) is 0 Å². The number of hydrazine groups is 6. The lowest BCUT2D eigenvalue weighted by Crippen LogP contribution is -2.38. The van der Waals surface area contributed by atoms with Crippen LogP contribution < -0.4 is 35.1 Å². The lowest BCUT2D eigenvalue weighted by Gasteiger charge is -2.21. The van der Waals surface area contributed by atoms with Gasteiger partial charge in [-0.3, -0.25) is 45.1 Å². The molecule has 0 aliphatic heterocycles. The SMILES string of the molecule is CC.CN(N)CCCN(N)CCCN(N)Cc1cccc(CN(N)CCCN(N)CCCN(C)N)c1. The molecule has 0 bridgehead atoms. The Balaban J connectivity index is 0.00000596. The molecular weight excluding hydrogens is 456 g/mol. The fourth-order valence-electron chi connectivity index (χ4n) is 3.68. The van der Waals surface area contributed by atoms with Gasteiger partial charge < -0.3 is 0 Å². The summed E-state index contributed by atoms with van der Waals surface area (Å²) in [4.78, 5) is 0. The van der Waals surface area contributed by atoms with Gasteiger partial charge in [0.15, 0.2) is 0 Å². The van der Waals surface area contributed by atoms with E-state index < -0.39 is 0 Å². The molecule has 0 amide bonds. The molecule has 1 aromatic rings. The maximum absolute atomic E-state index is 6.22. The zero-order chi connectivity index (χ0) is 27.3. The fourth-order valence-corrected chi connectivity index (χ4v) is 3.68. The third-order valence-electron chi connectivity index (χ3n) is 5.46. The van der Waals surface area contributed by atoms with Crippen LogP contribution in [0.3, 0.4) is 0 Å². The van der Waals surface area contributed by atoms with E-state index >= 15 is 0 Å². The van der Waals surface area contributed by atoms with Crippen LogP contribution in [-0.4, -0.2) is 96.5 Å². The van der Waals surface area contributed by atoms with Gasteiger partial charge in [0, 0.05) is 79.5 Å². The third-order valence-corrected chi connectivity index (χ3v) is 5.46. The topological polar surface area (TPSA) is 176 Å². The minimum absolute atomic E-state index is 0.682. The van der Waals surface area contributed by atoms with E-state index in [1.807, 2.05) is 48.0 Å². The van der Waals surface area contributed by atoms with Crippen LogP contribution in [0.1, 0.15) is 50.7 Å². The molecule has 0 unspecified atom stereocenters. The second kappa shape index (κ2) is 21.8. The zero-order valence-electron chi connectivity index (χ0n) is 23.4. The minimum atomic E-state index is 0.682. The van der Waals surface area contributed by atoms with Crippen molar-refractivity contribution < 1.29 is 0 Å². The van der Waals surface area contributed by atoms with Gasteiger partial charge >= 0.3 is 0 Å². The molecule has 0 aliphatic rings. The first-order valence-corrected chi connectivity index (χ1v) is 13.1. The molecule has 0 saturated heterocycles. The summed E-state index contributed by atoms with van der Waals surface area (Å²) < 4.78 is 0. The van der Waals surface area contributed by atoms with Crippen LogP contribution in [-0.2, 0) is 13.1 Å². The van der Waals surface area contributed by atoms with Crippen molar-refractivity contribution in [1.82, 2.24) is 30.1 Å². The second-order valence-electron chi connectivity index (χ2n) is 9.21. The minimum Gasteiger partial charge on any atom is -0.269 e. The van der Waals surface area contributed by atoms with Crippen LogP contribution in [0.25, 0.3) is 0 Å². The van der Waals surface area contributed by atoms with Crippen LogP contribution in [0.2, 0.25) is 0 Å². The first-order chi connectivity index (χ1) is 17.2. The van der Waals surface area contributed by atoms with Gasteiger partial charge in [-0.1, -0.05) is 38.1 Å². The Morgan fingerprint density at radius 1 is 0.500 bits per heavy atom. The molecule has 12 heteroatoms. The lowest BCUT2D eigenvalue weighted by molar-refractivity contribution is 0.216. The molecule has 0 spiro atoms. The molecule has 0 aliphatic carbocycles. The van der Waals surface area contributed by atoms with E-state index in [-0.39, 0.29) is 0 Å². The van der Waals surface area contributed by atoms with Gasteiger partial charge in [0.25, 0.3) is 0 Å². The highest BCUT2D eigenvalue weighted by Crippen LogP contribution is 2.09. The highest BCUT2D eigenvalue weighted by Gasteiger charge is 2.07. The van der Waals surface area contributed by atoms with Crippen molar-refractivity contribution in [3.63, 3.8) is 0 Å². The van der Waals surface area contributed by atoms with Crippen molar-refractivity contribution in [2.24, 2.45) is 35.1 Å². The second-order valence-corrected chi connectivity index (χ2v) is 9.21. The smallest absolute Gasteiger partial charge is 0.0379 e. The third kappa shape index (κ3) is 19.9. The Morgan fingerprint density at radius 3 is 1.14 bits per heavy atom. The van der Waals surface area contributed by atoms with Crippen molar-refractivity contribution in [3.8, 4) is 0 Å². The Kier molecular flexibility index (Phi) is 21.0. The Hall–Kier alpha value is -1.26. The van der Waals surface area contributed by atoms with Crippen molar-refractivity contribution in [2.75, 3.05) is 66.5 Å². The number of benzene rings is 1. The van der Waals surface area contributed by atoms with E-state index in [0.29, 0.717) is 13.1 Å². The zero-order valence-corrected chi connectivity index (χ0v) is 23.4. The summed E-state index contributed by atoms with van der Waals surface area (Å²) in [7, 11) is 3.71. The fraction of sp³-hybridized carbons (Fsp3) is 0.750. The van der Waals surface area contributed by atoms with Crippen molar-refractivity contribution >= 4 is 0 Å². The van der Waals surface area contributed by atoms with Crippen LogP contribution in [0.4, 0.5) is 0 Å². The summed E-state index contributed by atoms with van der Waals surface area (Å²) in [6.07, 6.45) is 3.70. The normalized spacial score (nSPS) is 11.9. The summed E-state index contributed by atoms with van der Waals surface area (Å²) in [5, 5.41) is 10.7. The number of nitrogens with two attached hydrogens (primary N) is 6.